The molecule has 6 heteroatoms. The molecule has 0 fully saturated rings. The molecular weight excluding hydrogens is 360 g/mol. The molecule has 2 aromatic carbocycles. The molecule has 3 N–H and O–H groups in total. The number of halogens is 1. The first-order valence-electron chi connectivity index (χ1n) is 7.24. The standard InChI is InChI=1S/C17H19BrN2O3/c1-2-22-14-6-4-13(5-7-14)20-10-12-3-8-16(15(18)9-12)23-11-17(19)21/h3-9,20H,2,10-11H2,1H3,(H2,19,21). The maximum Gasteiger partial charge on any atom is 0.255 e. The average molecular weight is 379 g/mol. The Morgan fingerprint density at radius 3 is 2.52 bits per heavy atom. The number of amides is 1. The highest BCUT2D eigenvalue weighted by atomic mass is 79.9. The zero-order chi connectivity index (χ0) is 16.7. The monoisotopic (exact) mass is 378 g/mol. The molecule has 23 heavy (non-hydrogen) atoms. The van der Waals surface area contributed by atoms with Gasteiger partial charge in [-0.15, -0.1) is 0 Å². The van der Waals surface area contributed by atoms with Gasteiger partial charge in [0.15, 0.2) is 6.61 Å². The lowest BCUT2D eigenvalue weighted by Gasteiger charge is -2.10. The molecule has 0 radical (unpaired) electrons. The van der Waals surface area contributed by atoms with Gasteiger partial charge < -0.3 is 20.5 Å². The van der Waals surface area contributed by atoms with Crippen LogP contribution in [-0.2, 0) is 11.3 Å². The smallest absolute Gasteiger partial charge is 0.255 e. The lowest BCUT2D eigenvalue weighted by Crippen LogP contribution is -2.20. The van der Waals surface area contributed by atoms with Crippen molar-refractivity contribution >= 4 is 27.5 Å². The molecule has 0 aromatic heterocycles. The van der Waals surface area contributed by atoms with Gasteiger partial charge in [-0.3, -0.25) is 4.79 Å². The molecule has 0 spiro atoms. The molecule has 0 aliphatic rings. The number of primary amides is 1. The van der Waals surface area contributed by atoms with Gasteiger partial charge in [-0.1, -0.05) is 6.07 Å². The second-order valence-electron chi connectivity index (χ2n) is 4.83. The van der Waals surface area contributed by atoms with Gasteiger partial charge in [0.1, 0.15) is 11.5 Å². The molecule has 0 saturated carbocycles. The summed E-state index contributed by atoms with van der Waals surface area (Å²) in [6, 6.07) is 13.5. The molecular formula is C17H19BrN2O3. The van der Waals surface area contributed by atoms with Crippen LogP contribution >= 0.6 is 15.9 Å². The highest BCUT2D eigenvalue weighted by Crippen LogP contribution is 2.26. The van der Waals surface area contributed by atoms with Crippen molar-refractivity contribution in [2.75, 3.05) is 18.5 Å². The minimum absolute atomic E-state index is 0.137. The summed E-state index contributed by atoms with van der Waals surface area (Å²) < 4.78 is 11.5. The van der Waals surface area contributed by atoms with Crippen molar-refractivity contribution in [1.29, 1.82) is 0 Å². The highest BCUT2D eigenvalue weighted by Gasteiger charge is 2.04. The first-order valence-corrected chi connectivity index (χ1v) is 8.04. The van der Waals surface area contributed by atoms with Crippen LogP contribution in [0.3, 0.4) is 0 Å². The Morgan fingerprint density at radius 1 is 1.17 bits per heavy atom. The second kappa shape index (κ2) is 8.43. The van der Waals surface area contributed by atoms with Gasteiger partial charge in [-0.2, -0.15) is 0 Å². The van der Waals surface area contributed by atoms with E-state index in [9.17, 15) is 4.79 Å². The van der Waals surface area contributed by atoms with E-state index in [1.807, 2.05) is 49.4 Å². The number of carbonyl (C=O) groups excluding carboxylic acids is 1. The van der Waals surface area contributed by atoms with Crippen molar-refractivity contribution in [3.63, 3.8) is 0 Å². The Bertz CT molecular complexity index is 659. The Hall–Kier alpha value is -2.21. The molecule has 0 bridgehead atoms. The fourth-order valence-electron chi connectivity index (χ4n) is 1.96. The van der Waals surface area contributed by atoms with Crippen LogP contribution < -0.4 is 20.5 Å². The summed E-state index contributed by atoms with van der Waals surface area (Å²) in [5, 5.41) is 3.34. The molecule has 2 rings (SSSR count). The van der Waals surface area contributed by atoms with Crippen LogP contribution in [0.4, 0.5) is 5.69 Å². The van der Waals surface area contributed by atoms with Crippen molar-refractivity contribution in [3.8, 4) is 11.5 Å². The quantitative estimate of drug-likeness (QED) is 0.738. The van der Waals surface area contributed by atoms with Gasteiger partial charge in [0.05, 0.1) is 11.1 Å². The van der Waals surface area contributed by atoms with Crippen molar-refractivity contribution < 1.29 is 14.3 Å². The zero-order valence-corrected chi connectivity index (χ0v) is 14.4. The summed E-state index contributed by atoms with van der Waals surface area (Å²) in [7, 11) is 0. The maximum atomic E-state index is 10.7. The SMILES string of the molecule is CCOc1ccc(NCc2ccc(OCC(N)=O)c(Br)c2)cc1. The summed E-state index contributed by atoms with van der Waals surface area (Å²) in [6.45, 7) is 3.15. The molecule has 0 atom stereocenters. The summed E-state index contributed by atoms with van der Waals surface area (Å²) in [6.07, 6.45) is 0. The number of nitrogens with two attached hydrogens (primary N) is 1. The molecule has 122 valence electrons. The number of benzene rings is 2. The van der Waals surface area contributed by atoms with E-state index in [1.165, 1.54) is 0 Å². The van der Waals surface area contributed by atoms with E-state index in [2.05, 4.69) is 21.2 Å². The van der Waals surface area contributed by atoms with E-state index in [0.717, 1.165) is 21.5 Å². The lowest BCUT2D eigenvalue weighted by atomic mass is 10.2. The summed E-state index contributed by atoms with van der Waals surface area (Å²) in [4.78, 5) is 10.7. The van der Waals surface area contributed by atoms with Crippen LogP contribution in [0.1, 0.15) is 12.5 Å². The molecule has 2 aromatic rings. The third-order valence-electron chi connectivity index (χ3n) is 3.03. The predicted molar refractivity (Wildman–Crippen MR) is 93.8 cm³/mol. The number of nitrogens with one attached hydrogen (secondary N) is 1. The molecule has 0 aliphatic heterocycles. The summed E-state index contributed by atoms with van der Waals surface area (Å²) >= 11 is 3.43. The number of rotatable bonds is 8. The van der Waals surface area contributed by atoms with Gasteiger partial charge in [0.25, 0.3) is 5.91 Å². The van der Waals surface area contributed by atoms with Crippen LogP contribution in [-0.4, -0.2) is 19.1 Å². The summed E-state index contributed by atoms with van der Waals surface area (Å²) in [5.74, 6) is 0.948. The fourth-order valence-corrected chi connectivity index (χ4v) is 2.50. The fraction of sp³-hybridized carbons (Fsp3) is 0.235. The maximum absolute atomic E-state index is 10.7. The largest absolute Gasteiger partial charge is 0.494 e. The first-order chi connectivity index (χ1) is 11.1. The molecule has 1 amide bonds. The topological polar surface area (TPSA) is 73.6 Å². The Labute approximate surface area is 143 Å². The van der Waals surface area contributed by atoms with E-state index in [4.69, 9.17) is 15.2 Å². The second-order valence-corrected chi connectivity index (χ2v) is 5.69. The zero-order valence-electron chi connectivity index (χ0n) is 12.8. The first kappa shape index (κ1) is 17.1. The van der Waals surface area contributed by atoms with Crippen molar-refractivity contribution in [1.82, 2.24) is 0 Å². The van der Waals surface area contributed by atoms with Crippen molar-refractivity contribution in [2.45, 2.75) is 13.5 Å². The van der Waals surface area contributed by atoms with Gasteiger partial charge >= 0.3 is 0 Å². The minimum Gasteiger partial charge on any atom is -0.494 e. The van der Waals surface area contributed by atoms with Crippen LogP contribution in [0.5, 0.6) is 11.5 Å². The molecule has 0 saturated heterocycles. The van der Waals surface area contributed by atoms with Crippen LogP contribution in [0.25, 0.3) is 0 Å². The Kier molecular flexibility index (Phi) is 6.29. The molecule has 5 nitrogen and oxygen atoms in total. The van der Waals surface area contributed by atoms with Crippen LogP contribution in [0.2, 0.25) is 0 Å². The highest BCUT2D eigenvalue weighted by molar-refractivity contribution is 9.10. The van der Waals surface area contributed by atoms with E-state index in [1.54, 1.807) is 0 Å². The van der Waals surface area contributed by atoms with Crippen molar-refractivity contribution in [2.24, 2.45) is 5.73 Å². The molecule has 0 heterocycles. The lowest BCUT2D eigenvalue weighted by molar-refractivity contribution is -0.119. The number of hydrogen-bond acceptors (Lipinski definition) is 4. The van der Waals surface area contributed by atoms with Crippen LogP contribution in [0, 0.1) is 0 Å². The van der Waals surface area contributed by atoms with Gasteiger partial charge in [0.2, 0.25) is 0 Å². The molecule has 0 unspecified atom stereocenters. The third kappa shape index (κ3) is 5.49. The number of hydrogen-bond donors (Lipinski definition) is 2. The minimum atomic E-state index is -0.502. The van der Waals surface area contributed by atoms with Gasteiger partial charge in [-0.25, -0.2) is 0 Å². The van der Waals surface area contributed by atoms with Gasteiger partial charge in [0, 0.05) is 12.2 Å². The summed E-state index contributed by atoms with van der Waals surface area (Å²) in [5.41, 5.74) is 7.16. The Morgan fingerprint density at radius 2 is 1.91 bits per heavy atom. The van der Waals surface area contributed by atoms with E-state index < -0.39 is 5.91 Å². The van der Waals surface area contributed by atoms with E-state index >= 15 is 0 Å². The normalized spacial score (nSPS) is 10.2. The van der Waals surface area contributed by atoms with Crippen molar-refractivity contribution in [3.05, 3.63) is 52.5 Å². The number of carbonyl (C=O) groups is 1. The third-order valence-corrected chi connectivity index (χ3v) is 3.65. The molecule has 0 aliphatic carbocycles. The number of ether oxygens (including phenoxy) is 2. The van der Waals surface area contributed by atoms with Crippen LogP contribution in [0.15, 0.2) is 46.9 Å². The predicted octanol–water partition coefficient (Wildman–Crippen LogP) is 3.32. The average Bonchev–Trinajstić information content (AvgIpc) is 2.53. The van der Waals surface area contributed by atoms with E-state index in [0.29, 0.717) is 18.9 Å². The van der Waals surface area contributed by atoms with E-state index in [-0.39, 0.29) is 6.61 Å². The number of anilines is 1. The Balaban J connectivity index is 1.92. The van der Waals surface area contributed by atoms with Gasteiger partial charge in [-0.05, 0) is 64.8 Å².